The van der Waals surface area contributed by atoms with Crippen molar-refractivity contribution in [3.63, 3.8) is 0 Å². The van der Waals surface area contributed by atoms with Crippen LogP contribution in [0.5, 0.6) is 5.75 Å². The highest BCUT2D eigenvalue weighted by Gasteiger charge is 2.59. The molecule has 25 heavy (non-hydrogen) atoms. The van der Waals surface area contributed by atoms with Gasteiger partial charge in [0.25, 0.3) is 0 Å². The number of fused-ring (bicyclic) bond motifs is 9. The van der Waals surface area contributed by atoms with Crippen LogP contribution in [-0.2, 0) is 5.41 Å². The second kappa shape index (κ2) is 4.66. The van der Waals surface area contributed by atoms with Crippen LogP contribution in [-0.4, -0.2) is 5.11 Å². The van der Waals surface area contributed by atoms with Crippen molar-refractivity contribution >= 4 is 10.8 Å². The summed E-state index contributed by atoms with van der Waals surface area (Å²) in [5.74, 6) is 2.08. The largest absolute Gasteiger partial charge is 0.507 e. The SMILES string of the molecule is Oc1cc2c(c3ccccc13)-c1ccccc1C21CC2CCCCC21. The summed E-state index contributed by atoms with van der Waals surface area (Å²) in [4.78, 5) is 0. The number of phenols is 1. The van der Waals surface area contributed by atoms with Gasteiger partial charge in [-0.1, -0.05) is 67.8 Å². The summed E-state index contributed by atoms with van der Waals surface area (Å²) in [5.41, 5.74) is 5.85. The van der Waals surface area contributed by atoms with Gasteiger partial charge in [-0.3, -0.25) is 0 Å². The fourth-order valence-corrected chi connectivity index (χ4v) is 6.36. The van der Waals surface area contributed by atoms with Crippen molar-refractivity contribution in [2.45, 2.75) is 37.5 Å². The molecule has 1 nitrogen and oxygen atoms in total. The van der Waals surface area contributed by atoms with Crippen molar-refractivity contribution in [3.05, 3.63) is 65.7 Å². The Morgan fingerprint density at radius 1 is 0.840 bits per heavy atom. The lowest BCUT2D eigenvalue weighted by Crippen LogP contribution is -2.52. The first-order valence-corrected chi connectivity index (χ1v) is 9.66. The van der Waals surface area contributed by atoms with E-state index in [1.165, 1.54) is 59.7 Å². The molecule has 0 amide bonds. The lowest BCUT2D eigenvalue weighted by Gasteiger charge is -2.57. The molecule has 3 aliphatic rings. The molecule has 6 rings (SSSR count). The molecule has 3 aromatic carbocycles. The first-order chi connectivity index (χ1) is 12.3. The van der Waals surface area contributed by atoms with Gasteiger partial charge in [0, 0.05) is 10.8 Å². The van der Waals surface area contributed by atoms with Crippen molar-refractivity contribution in [1.29, 1.82) is 0 Å². The van der Waals surface area contributed by atoms with Gasteiger partial charge in [0.1, 0.15) is 5.75 Å². The molecule has 3 aromatic rings. The monoisotopic (exact) mass is 326 g/mol. The first-order valence-electron chi connectivity index (χ1n) is 9.66. The zero-order valence-corrected chi connectivity index (χ0v) is 14.3. The van der Waals surface area contributed by atoms with E-state index < -0.39 is 0 Å². The normalized spacial score (nSPS) is 29.1. The van der Waals surface area contributed by atoms with Crippen molar-refractivity contribution in [1.82, 2.24) is 0 Å². The summed E-state index contributed by atoms with van der Waals surface area (Å²) in [6.07, 6.45) is 6.75. The molecule has 2 saturated carbocycles. The van der Waals surface area contributed by atoms with Crippen LogP contribution in [0, 0.1) is 11.8 Å². The fraction of sp³-hybridized carbons (Fsp3) is 0.333. The van der Waals surface area contributed by atoms with Gasteiger partial charge in [-0.2, -0.15) is 0 Å². The van der Waals surface area contributed by atoms with Gasteiger partial charge in [0.05, 0.1) is 0 Å². The van der Waals surface area contributed by atoms with Crippen LogP contribution in [0.4, 0.5) is 0 Å². The molecule has 3 unspecified atom stereocenters. The molecule has 0 heterocycles. The zero-order valence-electron chi connectivity index (χ0n) is 14.3. The average Bonchev–Trinajstić information content (AvgIpc) is 2.93. The summed E-state index contributed by atoms with van der Waals surface area (Å²) in [5, 5.41) is 13.0. The lowest BCUT2D eigenvalue weighted by atomic mass is 9.46. The molecule has 0 aliphatic heterocycles. The standard InChI is InChI=1S/C24H22O/c25-22-13-21-23(17-9-3-2-8-16(17)22)18-10-4-6-12-20(18)24(21)14-15-7-1-5-11-19(15)24/h2-4,6,8-10,12-13,15,19,25H,1,5,7,11,14H2. The summed E-state index contributed by atoms with van der Waals surface area (Å²) in [6, 6.07) is 19.5. The quantitative estimate of drug-likeness (QED) is 0.535. The number of hydrogen-bond acceptors (Lipinski definition) is 1. The van der Waals surface area contributed by atoms with Crippen molar-refractivity contribution in [3.8, 4) is 16.9 Å². The van der Waals surface area contributed by atoms with E-state index in [-0.39, 0.29) is 5.41 Å². The van der Waals surface area contributed by atoms with Gasteiger partial charge in [-0.05, 0) is 58.4 Å². The zero-order chi connectivity index (χ0) is 16.6. The molecular weight excluding hydrogens is 304 g/mol. The van der Waals surface area contributed by atoms with E-state index in [1.807, 2.05) is 12.1 Å². The number of rotatable bonds is 0. The van der Waals surface area contributed by atoms with Crippen molar-refractivity contribution in [2.75, 3.05) is 0 Å². The number of aromatic hydroxyl groups is 1. The van der Waals surface area contributed by atoms with E-state index in [1.54, 1.807) is 0 Å². The minimum Gasteiger partial charge on any atom is -0.507 e. The van der Waals surface area contributed by atoms with Crippen LogP contribution < -0.4 is 0 Å². The van der Waals surface area contributed by atoms with Crippen LogP contribution in [0.3, 0.4) is 0 Å². The predicted molar refractivity (Wildman–Crippen MR) is 102 cm³/mol. The molecular formula is C24H22O. The second-order valence-corrected chi connectivity index (χ2v) is 8.24. The van der Waals surface area contributed by atoms with Gasteiger partial charge in [-0.15, -0.1) is 0 Å². The Hall–Kier alpha value is -2.28. The van der Waals surface area contributed by atoms with Crippen LogP contribution >= 0.6 is 0 Å². The molecule has 0 radical (unpaired) electrons. The Labute approximate surface area is 148 Å². The van der Waals surface area contributed by atoms with Gasteiger partial charge in [0.2, 0.25) is 0 Å². The molecule has 3 aliphatic carbocycles. The Morgan fingerprint density at radius 3 is 2.48 bits per heavy atom. The van der Waals surface area contributed by atoms with Gasteiger partial charge < -0.3 is 5.11 Å². The Morgan fingerprint density at radius 2 is 1.60 bits per heavy atom. The van der Waals surface area contributed by atoms with Crippen LogP contribution in [0.2, 0.25) is 0 Å². The lowest BCUT2D eigenvalue weighted by molar-refractivity contribution is 0.0245. The van der Waals surface area contributed by atoms with Gasteiger partial charge >= 0.3 is 0 Å². The molecule has 0 aromatic heterocycles. The molecule has 124 valence electrons. The molecule has 3 atom stereocenters. The number of hydrogen-bond donors (Lipinski definition) is 1. The Kier molecular flexibility index (Phi) is 2.60. The molecule has 0 bridgehead atoms. The van der Waals surface area contributed by atoms with E-state index in [9.17, 15) is 5.11 Å². The first kappa shape index (κ1) is 13.9. The minimum absolute atomic E-state index is 0.151. The third-order valence-electron chi connectivity index (χ3n) is 7.31. The van der Waals surface area contributed by atoms with Gasteiger partial charge in [0.15, 0.2) is 0 Å². The maximum Gasteiger partial charge on any atom is 0.123 e. The highest BCUT2D eigenvalue weighted by Crippen LogP contribution is 2.68. The van der Waals surface area contributed by atoms with E-state index in [2.05, 4.69) is 42.5 Å². The van der Waals surface area contributed by atoms with E-state index in [0.29, 0.717) is 5.75 Å². The molecule has 0 saturated heterocycles. The topological polar surface area (TPSA) is 20.2 Å². The molecule has 2 fully saturated rings. The average molecular weight is 326 g/mol. The summed E-state index contributed by atoms with van der Waals surface area (Å²) < 4.78 is 0. The third-order valence-corrected chi connectivity index (χ3v) is 7.31. The van der Waals surface area contributed by atoms with Crippen LogP contribution in [0.25, 0.3) is 21.9 Å². The van der Waals surface area contributed by atoms with Crippen molar-refractivity contribution < 1.29 is 5.11 Å². The maximum atomic E-state index is 10.8. The van der Waals surface area contributed by atoms with E-state index in [4.69, 9.17) is 0 Å². The summed E-state index contributed by atoms with van der Waals surface area (Å²) >= 11 is 0. The van der Waals surface area contributed by atoms with Crippen LogP contribution in [0.1, 0.15) is 43.2 Å². The third kappa shape index (κ3) is 1.55. The van der Waals surface area contributed by atoms with E-state index in [0.717, 1.165) is 17.2 Å². The maximum absolute atomic E-state index is 10.8. The highest BCUT2D eigenvalue weighted by molar-refractivity contribution is 6.05. The van der Waals surface area contributed by atoms with Crippen LogP contribution in [0.15, 0.2) is 54.6 Å². The summed E-state index contributed by atoms with van der Waals surface area (Å²) in [7, 11) is 0. The predicted octanol–water partition coefficient (Wildman–Crippen LogP) is 6.02. The number of benzene rings is 3. The molecule has 1 spiro atoms. The molecule has 1 N–H and O–H groups in total. The molecule has 1 heteroatoms. The summed E-state index contributed by atoms with van der Waals surface area (Å²) in [6.45, 7) is 0. The van der Waals surface area contributed by atoms with E-state index >= 15 is 0 Å². The highest BCUT2D eigenvalue weighted by atomic mass is 16.3. The van der Waals surface area contributed by atoms with Crippen molar-refractivity contribution in [2.24, 2.45) is 11.8 Å². The second-order valence-electron chi connectivity index (χ2n) is 8.24. The van der Waals surface area contributed by atoms with Gasteiger partial charge in [-0.25, -0.2) is 0 Å². The Balaban J connectivity index is 1.72. The fourth-order valence-electron chi connectivity index (χ4n) is 6.36. The minimum atomic E-state index is 0.151. The Bertz CT molecular complexity index is 1020. The smallest absolute Gasteiger partial charge is 0.123 e. The number of phenolic OH excluding ortho intramolecular Hbond substituents is 1.